The molecule has 0 spiro atoms. The van der Waals surface area contributed by atoms with Crippen LogP contribution in [0.25, 0.3) is 0 Å². The van der Waals surface area contributed by atoms with E-state index < -0.39 is 35.9 Å². The lowest BCUT2D eigenvalue weighted by molar-refractivity contribution is -0.268. The number of unbranched alkanes of at least 4 members (excludes halogenated alkanes) is 3. The Morgan fingerprint density at radius 2 is 1.53 bits per heavy atom. The quantitative estimate of drug-likeness (QED) is 0.235. The highest BCUT2D eigenvalue weighted by molar-refractivity contribution is 5.02. The van der Waals surface area contributed by atoms with Crippen molar-refractivity contribution < 1.29 is 27.7 Å². The Morgan fingerprint density at radius 3 is 2.10 bits per heavy atom. The van der Waals surface area contributed by atoms with E-state index in [4.69, 9.17) is 18.9 Å². The number of ether oxygens (including phenoxy) is 4. The van der Waals surface area contributed by atoms with Crippen molar-refractivity contribution in [3.05, 3.63) is 4.91 Å². The number of rotatable bonds is 16. The maximum absolute atomic E-state index is 15.1. The molecule has 0 unspecified atom stereocenters. The summed E-state index contributed by atoms with van der Waals surface area (Å²) in [7, 11) is 0. The van der Waals surface area contributed by atoms with E-state index in [0.29, 0.717) is 19.8 Å². The fourth-order valence-electron chi connectivity index (χ4n) is 3.32. The fourth-order valence-corrected chi connectivity index (χ4v) is 3.32. The van der Waals surface area contributed by atoms with Gasteiger partial charge in [-0.25, -0.2) is 8.78 Å². The van der Waals surface area contributed by atoms with E-state index in [-0.39, 0.29) is 13.0 Å². The summed E-state index contributed by atoms with van der Waals surface area (Å²) in [6.07, 6.45) is 2.16. The van der Waals surface area contributed by atoms with E-state index in [0.717, 1.165) is 52.4 Å². The van der Waals surface area contributed by atoms with Crippen molar-refractivity contribution in [3.8, 4) is 0 Å². The van der Waals surface area contributed by atoms with Crippen LogP contribution in [-0.2, 0) is 18.9 Å². The van der Waals surface area contributed by atoms with E-state index in [9.17, 15) is 4.91 Å². The molecule has 0 aromatic carbocycles. The van der Waals surface area contributed by atoms with Gasteiger partial charge >= 0.3 is 5.92 Å². The number of halogens is 2. The normalized spacial score (nSPS) is 25.4. The smallest absolute Gasteiger partial charge is 0.301 e. The van der Waals surface area contributed by atoms with Gasteiger partial charge in [-0.1, -0.05) is 45.2 Å². The summed E-state index contributed by atoms with van der Waals surface area (Å²) in [6, 6.07) is 0. The van der Waals surface area contributed by atoms with Crippen molar-refractivity contribution in [2.45, 2.75) is 115 Å². The highest BCUT2D eigenvalue weighted by Gasteiger charge is 2.59. The van der Waals surface area contributed by atoms with E-state index in [1.807, 2.05) is 6.92 Å². The Labute approximate surface area is 180 Å². The number of hydrogen-bond donors (Lipinski definition) is 0. The lowest BCUT2D eigenvalue weighted by atomic mass is 9.86. The average molecular weight is 438 g/mol. The van der Waals surface area contributed by atoms with E-state index in [1.54, 1.807) is 0 Å². The van der Waals surface area contributed by atoms with Gasteiger partial charge in [0.2, 0.25) is 0 Å². The number of nitroso groups, excluding NO2 is 1. The Hall–Kier alpha value is -0.700. The zero-order valence-corrected chi connectivity index (χ0v) is 19.3. The van der Waals surface area contributed by atoms with E-state index in [1.165, 1.54) is 0 Å². The second kappa shape index (κ2) is 13.7. The van der Waals surface area contributed by atoms with Gasteiger partial charge in [-0.2, -0.15) is 4.91 Å². The van der Waals surface area contributed by atoms with Crippen LogP contribution in [0.3, 0.4) is 0 Å². The van der Waals surface area contributed by atoms with Gasteiger partial charge in [-0.15, -0.1) is 0 Å². The first-order chi connectivity index (χ1) is 14.2. The highest BCUT2D eigenvalue weighted by atomic mass is 19.3. The predicted molar refractivity (Wildman–Crippen MR) is 113 cm³/mol. The van der Waals surface area contributed by atoms with Gasteiger partial charge in [-0.3, -0.25) is 0 Å². The molecule has 1 saturated heterocycles. The van der Waals surface area contributed by atoms with Crippen LogP contribution in [0.4, 0.5) is 8.78 Å². The first-order valence-corrected chi connectivity index (χ1v) is 11.4. The van der Waals surface area contributed by atoms with E-state index in [2.05, 4.69) is 19.0 Å². The molecule has 0 aromatic rings. The van der Waals surface area contributed by atoms with Crippen LogP contribution in [-0.4, -0.2) is 62.3 Å². The SMILES string of the molecule is CCCCOC[C@H]1O[C@@H](C(F)(F)C(C)(C)N=O)C[C@@H](OCCCC)[C@H]1OCCCC. The molecular weight excluding hydrogens is 396 g/mol. The van der Waals surface area contributed by atoms with Crippen molar-refractivity contribution in [2.75, 3.05) is 26.4 Å². The fraction of sp³-hybridized carbons (Fsp3) is 1.00. The molecule has 0 bridgehead atoms. The minimum Gasteiger partial charge on any atom is -0.379 e. The summed E-state index contributed by atoms with van der Waals surface area (Å²) in [5.41, 5.74) is -2.09. The van der Waals surface area contributed by atoms with Crippen LogP contribution < -0.4 is 0 Å². The number of hydrogen-bond acceptors (Lipinski definition) is 6. The largest absolute Gasteiger partial charge is 0.379 e. The third-order valence-electron chi connectivity index (χ3n) is 5.53. The second-order valence-corrected chi connectivity index (χ2v) is 8.55. The molecule has 0 aliphatic carbocycles. The Bertz CT molecular complexity index is 478. The van der Waals surface area contributed by atoms with Gasteiger partial charge in [0.25, 0.3) is 0 Å². The minimum atomic E-state index is -3.45. The third-order valence-corrected chi connectivity index (χ3v) is 5.53. The summed E-state index contributed by atoms with van der Waals surface area (Å²) in [5, 5.41) is 2.68. The van der Waals surface area contributed by atoms with Gasteiger partial charge < -0.3 is 18.9 Å². The molecule has 1 rings (SSSR count). The Balaban J connectivity index is 3.05. The standard InChI is InChI=1S/C22H41F2NO5/c1-6-9-12-27-16-18-20(29-14-11-8-3)17(28-13-10-7-2)15-19(30-18)22(23,24)21(4,5)25-26/h17-20H,6-16H2,1-5H3/t17-,18-,19-,20-/m1/s1. The van der Waals surface area contributed by atoms with Crippen LogP contribution in [0.5, 0.6) is 0 Å². The van der Waals surface area contributed by atoms with Crippen molar-refractivity contribution in [1.82, 2.24) is 0 Å². The molecule has 1 aliphatic rings. The van der Waals surface area contributed by atoms with Crippen molar-refractivity contribution in [1.29, 1.82) is 0 Å². The highest BCUT2D eigenvalue weighted by Crippen LogP contribution is 2.42. The molecule has 6 nitrogen and oxygen atoms in total. The van der Waals surface area contributed by atoms with E-state index >= 15 is 8.78 Å². The summed E-state index contributed by atoms with van der Waals surface area (Å²) >= 11 is 0. The van der Waals surface area contributed by atoms with Crippen molar-refractivity contribution in [3.63, 3.8) is 0 Å². The molecule has 0 N–H and O–H groups in total. The molecule has 0 radical (unpaired) electrons. The predicted octanol–water partition coefficient (Wildman–Crippen LogP) is 5.51. The molecule has 0 aromatic heterocycles. The van der Waals surface area contributed by atoms with Gasteiger partial charge in [0.15, 0.2) is 5.54 Å². The van der Waals surface area contributed by atoms with Gasteiger partial charge in [0, 0.05) is 26.2 Å². The molecule has 0 saturated carbocycles. The van der Waals surface area contributed by atoms with Crippen LogP contribution in [0.1, 0.15) is 79.6 Å². The monoisotopic (exact) mass is 437 g/mol. The summed E-state index contributed by atoms with van der Waals surface area (Å²) in [4.78, 5) is 11.1. The first-order valence-electron chi connectivity index (χ1n) is 11.4. The van der Waals surface area contributed by atoms with Crippen molar-refractivity contribution >= 4 is 0 Å². The molecule has 30 heavy (non-hydrogen) atoms. The zero-order valence-electron chi connectivity index (χ0n) is 19.3. The molecular formula is C22H41F2NO5. The lowest BCUT2D eigenvalue weighted by Crippen LogP contribution is -2.61. The molecule has 1 aliphatic heterocycles. The van der Waals surface area contributed by atoms with Gasteiger partial charge in [-0.05, 0) is 33.1 Å². The summed E-state index contributed by atoms with van der Waals surface area (Å²) in [5.74, 6) is -3.45. The van der Waals surface area contributed by atoms with Crippen LogP contribution >= 0.6 is 0 Å². The minimum absolute atomic E-state index is 0.0576. The first kappa shape index (κ1) is 27.3. The number of nitrogens with zero attached hydrogens (tertiary/aromatic N) is 1. The zero-order chi connectivity index (χ0) is 22.6. The van der Waals surface area contributed by atoms with Gasteiger partial charge in [0.05, 0.1) is 12.7 Å². The molecule has 8 heteroatoms. The lowest BCUT2D eigenvalue weighted by Gasteiger charge is -2.45. The third kappa shape index (κ3) is 7.77. The molecule has 4 atom stereocenters. The van der Waals surface area contributed by atoms with Crippen LogP contribution in [0.15, 0.2) is 5.18 Å². The molecule has 1 heterocycles. The van der Waals surface area contributed by atoms with Gasteiger partial charge in [0.1, 0.15) is 18.3 Å². The average Bonchev–Trinajstić information content (AvgIpc) is 2.72. The molecule has 0 amide bonds. The Kier molecular flexibility index (Phi) is 12.4. The summed E-state index contributed by atoms with van der Waals surface area (Å²) in [6.45, 7) is 10.1. The maximum atomic E-state index is 15.1. The van der Waals surface area contributed by atoms with Crippen molar-refractivity contribution in [2.24, 2.45) is 5.18 Å². The second-order valence-electron chi connectivity index (χ2n) is 8.55. The Morgan fingerprint density at radius 1 is 0.967 bits per heavy atom. The molecule has 1 fully saturated rings. The maximum Gasteiger partial charge on any atom is 0.301 e. The topological polar surface area (TPSA) is 66.4 Å². The summed E-state index contributed by atoms with van der Waals surface area (Å²) < 4.78 is 53.9. The number of alkyl halides is 2. The molecule has 178 valence electrons. The van der Waals surface area contributed by atoms with Crippen LogP contribution in [0, 0.1) is 4.91 Å². The van der Waals surface area contributed by atoms with Crippen LogP contribution in [0.2, 0.25) is 0 Å².